The minimum absolute atomic E-state index is 0.0227. The summed E-state index contributed by atoms with van der Waals surface area (Å²) < 4.78 is 5.34. The zero-order valence-electron chi connectivity index (χ0n) is 7.43. The lowest BCUT2D eigenvalue weighted by molar-refractivity contribution is -0.138. The van der Waals surface area contributed by atoms with E-state index in [-0.39, 0.29) is 12.5 Å². The molecule has 13 heavy (non-hydrogen) atoms. The van der Waals surface area contributed by atoms with Crippen LogP contribution in [0.2, 0.25) is 0 Å². The molecular weight excluding hydrogens is 168 g/mol. The van der Waals surface area contributed by atoms with Gasteiger partial charge in [0.2, 0.25) is 0 Å². The van der Waals surface area contributed by atoms with Crippen molar-refractivity contribution in [2.45, 2.75) is 19.4 Å². The van der Waals surface area contributed by atoms with Crippen molar-refractivity contribution in [1.29, 1.82) is 0 Å². The van der Waals surface area contributed by atoms with Crippen molar-refractivity contribution in [2.24, 2.45) is 0 Å². The zero-order chi connectivity index (χ0) is 9.68. The first-order chi connectivity index (χ1) is 6.18. The molecule has 3 nitrogen and oxygen atoms in total. The van der Waals surface area contributed by atoms with Crippen LogP contribution in [-0.2, 0) is 4.79 Å². The summed E-state index contributed by atoms with van der Waals surface area (Å²) in [6.07, 6.45) is -0.269. The Bertz CT molecular complexity index is 269. The third kappa shape index (κ3) is 3.60. The average molecular weight is 180 g/mol. The van der Waals surface area contributed by atoms with E-state index in [0.29, 0.717) is 5.75 Å². The van der Waals surface area contributed by atoms with E-state index in [2.05, 4.69) is 0 Å². The molecule has 0 saturated carbocycles. The monoisotopic (exact) mass is 180 g/mol. The summed E-state index contributed by atoms with van der Waals surface area (Å²) in [6, 6.07) is 9.19. The number of rotatable bonds is 4. The van der Waals surface area contributed by atoms with Crippen molar-refractivity contribution in [3.05, 3.63) is 30.3 Å². The number of carboxylic acid groups (broad SMARTS) is 1. The van der Waals surface area contributed by atoms with Gasteiger partial charge in [-0.2, -0.15) is 0 Å². The van der Waals surface area contributed by atoms with Crippen LogP contribution in [0, 0.1) is 0 Å². The molecule has 0 aliphatic carbocycles. The molecule has 1 N–H and O–H groups in total. The fourth-order valence-corrected chi connectivity index (χ4v) is 1.02. The van der Waals surface area contributed by atoms with Gasteiger partial charge in [0.05, 0.1) is 6.42 Å². The maximum absolute atomic E-state index is 10.3. The first-order valence-electron chi connectivity index (χ1n) is 4.12. The third-order valence-electron chi connectivity index (χ3n) is 1.54. The number of carbonyl (C=O) groups is 1. The lowest BCUT2D eigenvalue weighted by atomic mass is 10.3. The standard InChI is InChI=1S/C10H12O3/c1-8(7-10(11)12)13-9-5-3-2-4-6-9/h2-6,8H,7H2,1H3,(H,11,12)/t8-/m0/s1. The van der Waals surface area contributed by atoms with Crippen LogP contribution in [-0.4, -0.2) is 17.2 Å². The summed E-state index contributed by atoms with van der Waals surface area (Å²) in [6.45, 7) is 1.74. The van der Waals surface area contributed by atoms with Gasteiger partial charge in [-0.1, -0.05) is 18.2 Å². The average Bonchev–Trinajstić information content (AvgIpc) is 2.04. The van der Waals surface area contributed by atoms with Crippen molar-refractivity contribution < 1.29 is 14.6 Å². The molecule has 1 aromatic carbocycles. The van der Waals surface area contributed by atoms with Gasteiger partial charge in [-0.05, 0) is 19.1 Å². The van der Waals surface area contributed by atoms with Gasteiger partial charge in [0.25, 0.3) is 0 Å². The minimum atomic E-state index is -0.844. The SMILES string of the molecule is C[C@@H](CC(=O)O)Oc1ccccc1. The Morgan fingerprint density at radius 2 is 2.08 bits per heavy atom. The van der Waals surface area contributed by atoms with Crippen LogP contribution in [0.5, 0.6) is 5.75 Å². The largest absolute Gasteiger partial charge is 0.490 e. The molecule has 3 heteroatoms. The quantitative estimate of drug-likeness (QED) is 0.770. The van der Waals surface area contributed by atoms with Crippen LogP contribution in [0.15, 0.2) is 30.3 Å². The molecular formula is C10H12O3. The molecule has 1 rings (SSSR count). The summed E-state index contributed by atoms with van der Waals surface area (Å²) in [5.41, 5.74) is 0. The maximum atomic E-state index is 10.3. The van der Waals surface area contributed by atoms with Gasteiger partial charge in [0.15, 0.2) is 0 Å². The van der Waals surface area contributed by atoms with Gasteiger partial charge in [-0.3, -0.25) is 4.79 Å². The van der Waals surface area contributed by atoms with Crippen LogP contribution in [0.3, 0.4) is 0 Å². The molecule has 0 aliphatic heterocycles. The van der Waals surface area contributed by atoms with Gasteiger partial charge in [0.1, 0.15) is 11.9 Å². The van der Waals surface area contributed by atoms with E-state index in [1.54, 1.807) is 19.1 Å². The maximum Gasteiger partial charge on any atom is 0.307 e. The minimum Gasteiger partial charge on any atom is -0.490 e. The van der Waals surface area contributed by atoms with Crippen LogP contribution in [0.1, 0.15) is 13.3 Å². The van der Waals surface area contributed by atoms with Crippen molar-refractivity contribution in [3.63, 3.8) is 0 Å². The molecule has 0 bridgehead atoms. The van der Waals surface area contributed by atoms with Crippen LogP contribution in [0.4, 0.5) is 0 Å². The molecule has 0 heterocycles. The molecule has 0 radical (unpaired) electrons. The van der Waals surface area contributed by atoms with Crippen LogP contribution < -0.4 is 4.74 Å². The molecule has 0 amide bonds. The van der Waals surface area contributed by atoms with Crippen molar-refractivity contribution in [3.8, 4) is 5.75 Å². The van der Waals surface area contributed by atoms with Gasteiger partial charge in [-0.15, -0.1) is 0 Å². The Hall–Kier alpha value is -1.51. The first-order valence-corrected chi connectivity index (χ1v) is 4.12. The van der Waals surface area contributed by atoms with Crippen molar-refractivity contribution >= 4 is 5.97 Å². The van der Waals surface area contributed by atoms with E-state index in [1.807, 2.05) is 18.2 Å². The van der Waals surface area contributed by atoms with Crippen molar-refractivity contribution in [1.82, 2.24) is 0 Å². The highest BCUT2D eigenvalue weighted by Gasteiger charge is 2.08. The van der Waals surface area contributed by atoms with E-state index in [9.17, 15) is 4.79 Å². The molecule has 0 aliphatic rings. The molecule has 0 fully saturated rings. The highest BCUT2D eigenvalue weighted by atomic mass is 16.5. The molecule has 0 unspecified atom stereocenters. The Morgan fingerprint density at radius 3 is 2.62 bits per heavy atom. The Balaban J connectivity index is 2.45. The Kier molecular flexibility index (Phi) is 3.31. The fraction of sp³-hybridized carbons (Fsp3) is 0.300. The van der Waals surface area contributed by atoms with E-state index in [0.717, 1.165) is 0 Å². The molecule has 0 spiro atoms. The normalized spacial score (nSPS) is 12.1. The van der Waals surface area contributed by atoms with Gasteiger partial charge in [0, 0.05) is 0 Å². The summed E-state index contributed by atoms with van der Waals surface area (Å²) in [7, 11) is 0. The highest BCUT2D eigenvalue weighted by molar-refractivity contribution is 5.67. The van der Waals surface area contributed by atoms with Crippen LogP contribution in [0.25, 0.3) is 0 Å². The van der Waals surface area contributed by atoms with Crippen LogP contribution >= 0.6 is 0 Å². The molecule has 1 aromatic rings. The molecule has 0 saturated heterocycles. The fourth-order valence-electron chi connectivity index (χ4n) is 1.02. The zero-order valence-corrected chi connectivity index (χ0v) is 7.43. The Labute approximate surface area is 77.0 Å². The topological polar surface area (TPSA) is 46.5 Å². The van der Waals surface area contributed by atoms with E-state index in [1.165, 1.54) is 0 Å². The predicted molar refractivity (Wildman–Crippen MR) is 48.8 cm³/mol. The Morgan fingerprint density at radius 1 is 1.46 bits per heavy atom. The number of benzene rings is 1. The number of aliphatic carboxylic acids is 1. The smallest absolute Gasteiger partial charge is 0.307 e. The molecule has 1 atom stereocenters. The number of ether oxygens (including phenoxy) is 1. The summed E-state index contributed by atoms with van der Waals surface area (Å²) in [5.74, 6) is -0.139. The molecule has 0 aromatic heterocycles. The van der Waals surface area contributed by atoms with Gasteiger partial charge in [-0.25, -0.2) is 0 Å². The summed E-state index contributed by atoms with van der Waals surface area (Å²) in [5, 5.41) is 8.48. The first kappa shape index (κ1) is 9.58. The lowest BCUT2D eigenvalue weighted by Crippen LogP contribution is -2.16. The highest BCUT2D eigenvalue weighted by Crippen LogP contribution is 2.11. The van der Waals surface area contributed by atoms with Gasteiger partial charge >= 0.3 is 5.97 Å². The van der Waals surface area contributed by atoms with E-state index >= 15 is 0 Å². The second kappa shape index (κ2) is 4.50. The number of hydrogen-bond donors (Lipinski definition) is 1. The molecule has 70 valence electrons. The lowest BCUT2D eigenvalue weighted by Gasteiger charge is -2.11. The van der Waals surface area contributed by atoms with E-state index in [4.69, 9.17) is 9.84 Å². The predicted octanol–water partition coefficient (Wildman–Crippen LogP) is 1.93. The second-order valence-electron chi connectivity index (χ2n) is 2.84. The van der Waals surface area contributed by atoms with Gasteiger partial charge < -0.3 is 9.84 Å². The number of carboxylic acids is 1. The number of para-hydroxylation sites is 1. The van der Waals surface area contributed by atoms with Crippen molar-refractivity contribution in [2.75, 3.05) is 0 Å². The van der Waals surface area contributed by atoms with E-state index < -0.39 is 5.97 Å². The summed E-state index contributed by atoms with van der Waals surface area (Å²) in [4.78, 5) is 10.3. The number of hydrogen-bond acceptors (Lipinski definition) is 2. The second-order valence-corrected chi connectivity index (χ2v) is 2.84. The summed E-state index contributed by atoms with van der Waals surface area (Å²) >= 11 is 0. The third-order valence-corrected chi connectivity index (χ3v) is 1.54.